The Morgan fingerprint density at radius 2 is 1.67 bits per heavy atom. The topological polar surface area (TPSA) is 0 Å². The molecule has 0 spiro atoms. The summed E-state index contributed by atoms with van der Waals surface area (Å²) >= 11 is 0. The Kier molecular flexibility index (Phi) is 5.92. The monoisotopic (exact) mass is 208 g/mol. The molecule has 0 aromatic carbocycles. The van der Waals surface area contributed by atoms with Gasteiger partial charge in [0, 0.05) is 6.42 Å². The lowest BCUT2D eigenvalue weighted by Crippen LogP contribution is -1.90. The van der Waals surface area contributed by atoms with Crippen LogP contribution in [0.5, 0.6) is 0 Å². The second-order valence-corrected chi connectivity index (χ2v) is 4.07. The van der Waals surface area contributed by atoms with Crippen molar-refractivity contribution in [2.45, 2.75) is 40.5 Å². The summed E-state index contributed by atoms with van der Waals surface area (Å²) in [6.07, 6.45) is 3.11. The van der Waals surface area contributed by atoms with Gasteiger partial charge >= 0.3 is 0 Å². The van der Waals surface area contributed by atoms with Gasteiger partial charge in [-0.1, -0.05) is 36.0 Å². The molecule has 0 saturated heterocycles. The minimum Gasteiger partial charge on any atom is -0.211 e. The summed E-state index contributed by atoms with van der Waals surface area (Å²) in [7, 11) is 0. The van der Waals surface area contributed by atoms with Crippen molar-refractivity contribution in [3.63, 3.8) is 0 Å². The zero-order valence-electron chi connectivity index (χ0n) is 10.3. The van der Waals surface area contributed by atoms with Gasteiger partial charge in [-0.2, -0.15) is 0 Å². The van der Waals surface area contributed by atoms with Gasteiger partial charge in [0.15, 0.2) is 0 Å². The van der Waals surface area contributed by atoms with E-state index in [0.29, 0.717) is 12.0 Å². The van der Waals surface area contributed by atoms with Crippen molar-refractivity contribution in [1.29, 1.82) is 0 Å². The first-order chi connectivity index (χ1) is 6.88. The molecule has 0 aliphatic heterocycles. The molecule has 0 unspecified atom stereocenters. The summed E-state index contributed by atoms with van der Waals surface area (Å²) in [6, 6.07) is 0. The van der Waals surface area contributed by atoms with Crippen LogP contribution in [0.25, 0.3) is 0 Å². The van der Waals surface area contributed by atoms with Crippen LogP contribution < -0.4 is 0 Å². The Morgan fingerprint density at radius 3 is 2.00 bits per heavy atom. The second-order valence-electron chi connectivity index (χ2n) is 4.07. The predicted octanol–water partition coefficient (Wildman–Crippen LogP) is 5.11. The molecular weight excluding hydrogens is 187 g/mol. The molecular formula is C14H21F. The Hall–Kier alpha value is -1.11. The molecule has 0 aromatic heterocycles. The molecule has 0 saturated carbocycles. The molecule has 0 bridgehead atoms. The van der Waals surface area contributed by atoms with E-state index < -0.39 is 0 Å². The average Bonchev–Trinajstić information content (AvgIpc) is 2.14. The lowest BCUT2D eigenvalue weighted by molar-refractivity contribution is 0.596. The van der Waals surface area contributed by atoms with Crippen molar-refractivity contribution in [3.05, 3.63) is 47.4 Å². The molecule has 0 atom stereocenters. The molecule has 0 fully saturated rings. The zero-order valence-corrected chi connectivity index (χ0v) is 10.3. The lowest BCUT2D eigenvalue weighted by atomic mass is 10.0. The molecule has 1 heteroatoms. The highest BCUT2D eigenvalue weighted by Gasteiger charge is 2.06. The van der Waals surface area contributed by atoms with Crippen molar-refractivity contribution in [2.24, 2.45) is 0 Å². The summed E-state index contributed by atoms with van der Waals surface area (Å²) < 4.78 is 13.7. The highest BCUT2D eigenvalue weighted by atomic mass is 19.1. The fraction of sp³-hybridized carbons (Fsp3) is 0.429. The van der Waals surface area contributed by atoms with E-state index in [1.165, 1.54) is 0 Å². The van der Waals surface area contributed by atoms with Crippen LogP contribution in [0.15, 0.2) is 47.4 Å². The van der Waals surface area contributed by atoms with E-state index >= 15 is 0 Å². The Balaban J connectivity index is 4.64. The van der Waals surface area contributed by atoms with E-state index in [2.05, 4.69) is 13.2 Å². The summed E-state index contributed by atoms with van der Waals surface area (Å²) in [5.74, 6) is -0.0862. The van der Waals surface area contributed by atoms with Crippen LogP contribution in [0, 0.1) is 0 Å². The van der Waals surface area contributed by atoms with Crippen molar-refractivity contribution in [3.8, 4) is 0 Å². The van der Waals surface area contributed by atoms with Crippen LogP contribution in [-0.4, -0.2) is 0 Å². The van der Waals surface area contributed by atoms with Gasteiger partial charge in [-0.25, -0.2) is 4.39 Å². The minimum atomic E-state index is -0.0862. The maximum atomic E-state index is 13.7. The number of allylic oxidation sites excluding steroid dienone is 6. The van der Waals surface area contributed by atoms with Gasteiger partial charge in [-0.3, -0.25) is 0 Å². The molecule has 0 amide bonds. The third-order valence-electron chi connectivity index (χ3n) is 2.37. The van der Waals surface area contributed by atoms with Crippen molar-refractivity contribution in [2.75, 3.05) is 0 Å². The first-order valence-corrected chi connectivity index (χ1v) is 5.18. The number of halogens is 1. The third-order valence-corrected chi connectivity index (χ3v) is 2.37. The van der Waals surface area contributed by atoms with E-state index in [0.717, 1.165) is 23.1 Å². The first-order valence-electron chi connectivity index (χ1n) is 5.18. The standard InChI is InChI=1S/C14H21F/c1-7-13(8-10(2)3)9-14(15)12(6)11(4)5/h7H,2,4,8-9H2,1,3,5-6H3. The second kappa shape index (κ2) is 6.39. The van der Waals surface area contributed by atoms with Crippen molar-refractivity contribution < 1.29 is 4.39 Å². The minimum absolute atomic E-state index is 0.0862. The van der Waals surface area contributed by atoms with E-state index in [1.807, 2.05) is 26.8 Å². The van der Waals surface area contributed by atoms with Crippen LogP contribution in [0.3, 0.4) is 0 Å². The molecule has 0 aliphatic rings. The Labute approximate surface area is 92.9 Å². The maximum absolute atomic E-state index is 13.7. The van der Waals surface area contributed by atoms with E-state index in [4.69, 9.17) is 0 Å². The number of rotatable bonds is 5. The average molecular weight is 208 g/mol. The zero-order chi connectivity index (χ0) is 12.0. The van der Waals surface area contributed by atoms with Crippen molar-refractivity contribution in [1.82, 2.24) is 0 Å². The van der Waals surface area contributed by atoms with E-state index in [-0.39, 0.29) is 5.83 Å². The van der Waals surface area contributed by atoms with E-state index in [1.54, 1.807) is 6.92 Å². The molecule has 84 valence electrons. The van der Waals surface area contributed by atoms with Gasteiger partial charge in [0.1, 0.15) is 5.83 Å². The van der Waals surface area contributed by atoms with Gasteiger partial charge in [0.05, 0.1) is 0 Å². The number of hydrogen-bond donors (Lipinski definition) is 0. The quantitative estimate of drug-likeness (QED) is 0.435. The SMILES string of the molecule is C=C(C)CC(=CC)CC(F)=C(C)C(=C)C. The lowest BCUT2D eigenvalue weighted by Gasteiger charge is -2.08. The molecule has 0 N–H and O–H groups in total. The van der Waals surface area contributed by atoms with Crippen LogP contribution in [0.1, 0.15) is 40.5 Å². The molecule has 0 aromatic rings. The summed E-state index contributed by atoms with van der Waals surface area (Å²) in [5.41, 5.74) is 3.58. The van der Waals surface area contributed by atoms with Crippen LogP contribution in [0.2, 0.25) is 0 Å². The third kappa shape index (κ3) is 5.36. The highest BCUT2D eigenvalue weighted by Crippen LogP contribution is 2.23. The summed E-state index contributed by atoms with van der Waals surface area (Å²) in [5, 5.41) is 0. The van der Waals surface area contributed by atoms with E-state index in [9.17, 15) is 4.39 Å². The first kappa shape index (κ1) is 13.9. The Morgan fingerprint density at radius 1 is 1.13 bits per heavy atom. The molecule has 15 heavy (non-hydrogen) atoms. The predicted molar refractivity (Wildman–Crippen MR) is 66.4 cm³/mol. The smallest absolute Gasteiger partial charge is 0.107 e. The molecule has 0 radical (unpaired) electrons. The van der Waals surface area contributed by atoms with Crippen molar-refractivity contribution >= 4 is 0 Å². The van der Waals surface area contributed by atoms with Gasteiger partial charge in [0.25, 0.3) is 0 Å². The largest absolute Gasteiger partial charge is 0.211 e. The maximum Gasteiger partial charge on any atom is 0.107 e. The normalized spacial score (nSPS) is 13.5. The van der Waals surface area contributed by atoms with Crippen LogP contribution >= 0.6 is 0 Å². The summed E-state index contributed by atoms with van der Waals surface area (Å²) in [4.78, 5) is 0. The van der Waals surface area contributed by atoms with Gasteiger partial charge in [-0.15, -0.1) is 0 Å². The van der Waals surface area contributed by atoms with Gasteiger partial charge in [-0.05, 0) is 39.7 Å². The van der Waals surface area contributed by atoms with Crippen LogP contribution in [-0.2, 0) is 0 Å². The molecule has 0 nitrogen and oxygen atoms in total. The van der Waals surface area contributed by atoms with Gasteiger partial charge < -0.3 is 0 Å². The fourth-order valence-electron chi connectivity index (χ4n) is 1.22. The Bertz CT molecular complexity index is 316. The fourth-order valence-corrected chi connectivity index (χ4v) is 1.22. The number of hydrogen-bond acceptors (Lipinski definition) is 0. The molecule has 0 heterocycles. The molecule has 0 rings (SSSR count). The molecule has 0 aliphatic carbocycles. The summed E-state index contributed by atoms with van der Waals surface area (Å²) in [6.45, 7) is 15.0. The highest BCUT2D eigenvalue weighted by molar-refractivity contribution is 5.29. The van der Waals surface area contributed by atoms with Crippen LogP contribution in [0.4, 0.5) is 4.39 Å². The van der Waals surface area contributed by atoms with Gasteiger partial charge in [0.2, 0.25) is 0 Å².